The van der Waals surface area contributed by atoms with Gasteiger partial charge in [0.2, 0.25) is 0 Å². The largest absolute Gasteiger partial charge is 0.405 e. The lowest BCUT2D eigenvalue weighted by Crippen LogP contribution is -2.22. The molecule has 0 amide bonds. The topological polar surface area (TPSA) is 76.7 Å². The lowest BCUT2D eigenvalue weighted by atomic mass is 9.98. The van der Waals surface area contributed by atoms with Crippen molar-refractivity contribution in [2.75, 3.05) is 17.6 Å². The monoisotopic (exact) mass is 377 g/mol. The van der Waals surface area contributed by atoms with Gasteiger partial charge < -0.3 is 11.1 Å². The lowest BCUT2D eigenvalue weighted by Gasteiger charge is -2.15. The van der Waals surface area contributed by atoms with E-state index < -0.39 is 12.7 Å². The SMILES string of the molecule is CC.Cc1cccc(C)c1-c1nc(NCC(F)(F)F)cc2c(N)ncnc12. The summed E-state index contributed by atoms with van der Waals surface area (Å²) in [5.74, 6) is 0.263. The Morgan fingerprint density at radius 3 is 2.30 bits per heavy atom. The van der Waals surface area contributed by atoms with Gasteiger partial charge in [-0.3, -0.25) is 0 Å². The number of anilines is 2. The minimum absolute atomic E-state index is 0.0731. The number of aromatic nitrogens is 3. The van der Waals surface area contributed by atoms with Gasteiger partial charge in [-0.2, -0.15) is 13.2 Å². The molecule has 3 aromatic rings. The van der Waals surface area contributed by atoms with Gasteiger partial charge in [0.15, 0.2) is 0 Å². The molecule has 0 aliphatic heterocycles. The Kier molecular flexibility index (Phi) is 6.20. The van der Waals surface area contributed by atoms with Crippen molar-refractivity contribution in [2.45, 2.75) is 33.9 Å². The van der Waals surface area contributed by atoms with E-state index in [2.05, 4.69) is 20.3 Å². The smallest absolute Gasteiger partial charge is 0.383 e. The van der Waals surface area contributed by atoms with E-state index in [4.69, 9.17) is 5.73 Å². The molecule has 0 saturated heterocycles. The highest BCUT2D eigenvalue weighted by molar-refractivity contribution is 5.99. The number of hydrogen-bond acceptors (Lipinski definition) is 5. The highest BCUT2D eigenvalue weighted by atomic mass is 19.4. The summed E-state index contributed by atoms with van der Waals surface area (Å²) >= 11 is 0. The zero-order valence-corrected chi connectivity index (χ0v) is 15.6. The fraction of sp³-hybridized carbons (Fsp3) is 0.316. The van der Waals surface area contributed by atoms with Crippen molar-refractivity contribution in [3.05, 3.63) is 41.7 Å². The molecule has 5 nitrogen and oxygen atoms in total. The molecule has 0 unspecified atom stereocenters. The molecule has 144 valence electrons. The summed E-state index contributed by atoms with van der Waals surface area (Å²) in [5.41, 5.74) is 9.59. The summed E-state index contributed by atoms with van der Waals surface area (Å²) in [7, 11) is 0. The van der Waals surface area contributed by atoms with Crippen LogP contribution in [-0.4, -0.2) is 27.7 Å². The maximum Gasteiger partial charge on any atom is 0.405 e. The van der Waals surface area contributed by atoms with Crippen LogP contribution >= 0.6 is 0 Å². The van der Waals surface area contributed by atoms with Crippen molar-refractivity contribution >= 4 is 22.5 Å². The number of fused-ring (bicyclic) bond motifs is 1. The molecule has 2 aromatic heterocycles. The second-order valence-electron chi connectivity index (χ2n) is 5.75. The lowest BCUT2D eigenvalue weighted by molar-refractivity contribution is -0.115. The fourth-order valence-electron chi connectivity index (χ4n) is 2.73. The second kappa shape index (κ2) is 8.20. The van der Waals surface area contributed by atoms with Crippen molar-refractivity contribution in [3.8, 4) is 11.3 Å². The van der Waals surface area contributed by atoms with E-state index in [1.54, 1.807) is 0 Å². The summed E-state index contributed by atoms with van der Waals surface area (Å²) in [6, 6.07) is 7.17. The first-order valence-electron chi connectivity index (χ1n) is 8.54. The molecule has 0 fully saturated rings. The molecule has 0 bridgehead atoms. The van der Waals surface area contributed by atoms with E-state index in [9.17, 15) is 13.2 Å². The zero-order valence-electron chi connectivity index (χ0n) is 15.6. The molecule has 27 heavy (non-hydrogen) atoms. The normalized spacial score (nSPS) is 11.1. The molecule has 3 N–H and O–H groups in total. The average Bonchev–Trinajstić information content (AvgIpc) is 2.62. The molecule has 0 atom stereocenters. The van der Waals surface area contributed by atoms with Gasteiger partial charge in [-0.15, -0.1) is 0 Å². The molecule has 3 rings (SSSR count). The number of rotatable bonds is 3. The van der Waals surface area contributed by atoms with E-state index >= 15 is 0 Å². The maximum atomic E-state index is 12.5. The van der Waals surface area contributed by atoms with Crippen LogP contribution in [0.2, 0.25) is 0 Å². The Bertz CT molecular complexity index is 918. The molecule has 2 heterocycles. The number of benzene rings is 1. The van der Waals surface area contributed by atoms with Crippen molar-refractivity contribution in [3.63, 3.8) is 0 Å². The molecule has 0 radical (unpaired) electrons. The highest BCUT2D eigenvalue weighted by Crippen LogP contribution is 2.33. The highest BCUT2D eigenvalue weighted by Gasteiger charge is 2.27. The first-order chi connectivity index (χ1) is 12.8. The Morgan fingerprint density at radius 1 is 1.07 bits per heavy atom. The van der Waals surface area contributed by atoms with Gasteiger partial charge in [-0.1, -0.05) is 32.0 Å². The number of nitrogens with zero attached hydrogens (tertiary/aromatic N) is 3. The van der Waals surface area contributed by atoms with E-state index in [-0.39, 0.29) is 11.6 Å². The maximum absolute atomic E-state index is 12.5. The van der Waals surface area contributed by atoms with E-state index in [0.29, 0.717) is 16.6 Å². The van der Waals surface area contributed by atoms with Crippen molar-refractivity contribution in [1.29, 1.82) is 0 Å². The van der Waals surface area contributed by atoms with Crippen molar-refractivity contribution < 1.29 is 13.2 Å². The Morgan fingerprint density at radius 2 is 1.70 bits per heavy atom. The first kappa shape index (κ1) is 20.4. The number of halogens is 3. The van der Waals surface area contributed by atoms with Crippen LogP contribution in [0.4, 0.5) is 24.8 Å². The van der Waals surface area contributed by atoms with Crippen LogP contribution in [0, 0.1) is 13.8 Å². The van der Waals surface area contributed by atoms with Gasteiger partial charge in [0.1, 0.15) is 30.0 Å². The molecule has 0 aliphatic rings. The van der Waals surface area contributed by atoms with Crippen LogP contribution < -0.4 is 11.1 Å². The average molecular weight is 377 g/mol. The van der Waals surface area contributed by atoms with E-state index in [1.807, 2.05) is 45.9 Å². The van der Waals surface area contributed by atoms with Crippen LogP contribution in [0.25, 0.3) is 22.2 Å². The van der Waals surface area contributed by atoms with Gasteiger partial charge >= 0.3 is 6.18 Å². The molecular weight excluding hydrogens is 355 g/mol. The van der Waals surface area contributed by atoms with Crippen molar-refractivity contribution in [2.24, 2.45) is 0 Å². The van der Waals surface area contributed by atoms with Crippen LogP contribution in [0.1, 0.15) is 25.0 Å². The molecule has 1 aromatic carbocycles. The first-order valence-corrected chi connectivity index (χ1v) is 8.54. The fourth-order valence-corrected chi connectivity index (χ4v) is 2.73. The van der Waals surface area contributed by atoms with Crippen LogP contribution in [0.5, 0.6) is 0 Å². The van der Waals surface area contributed by atoms with Gasteiger partial charge in [0.05, 0.1) is 5.69 Å². The summed E-state index contributed by atoms with van der Waals surface area (Å²) in [5, 5.41) is 2.76. The predicted octanol–water partition coefficient (Wildman–Crippen LogP) is 4.89. The van der Waals surface area contributed by atoms with Gasteiger partial charge in [0.25, 0.3) is 0 Å². The van der Waals surface area contributed by atoms with E-state index in [1.165, 1.54) is 12.4 Å². The van der Waals surface area contributed by atoms with Gasteiger partial charge in [-0.05, 0) is 31.0 Å². The Labute approximate surface area is 155 Å². The molecule has 0 aliphatic carbocycles. The minimum Gasteiger partial charge on any atom is -0.383 e. The molecule has 0 saturated carbocycles. The zero-order chi connectivity index (χ0) is 20.2. The third kappa shape index (κ3) is 4.64. The van der Waals surface area contributed by atoms with Crippen molar-refractivity contribution in [1.82, 2.24) is 15.0 Å². The summed E-state index contributed by atoms with van der Waals surface area (Å²) in [4.78, 5) is 12.6. The van der Waals surface area contributed by atoms with Crippen LogP contribution in [0.15, 0.2) is 30.6 Å². The third-order valence-corrected chi connectivity index (χ3v) is 3.84. The van der Waals surface area contributed by atoms with Gasteiger partial charge in [0, 0.05) is 10.9 Å². The second-order valence-corrected chi connectivity index (χ2v) is 5.75. The third-order valence-electron chi connectivity index (χ3n) is 3.84. The molecule has 8 heteroatoms. The Balaban J connectivity index is 0.00000126. The minimum atomic E-state index is -4.35. The molecular formula is C19H22F3N5. The number of hydrogen-bond donors (Lipinski definition) is 2. The van der Waals surface area contributed by atoms with Gasteiger partial charge in [-0.25, -0.2) is 15.0 Å². The number of alkyl halides is 3. The summed E-state index contributed by atoms with van der Waals surface area (Å²) < 4.78 is 37.6. The molecule has 0 spiro atoms. The number of nitrogens with two attached hydrogens (primary N) is 1. The number of aryl methyl sites for hydroxylation is 2. The predicted molar refractivity (Wildman–Crippen MR) is 103 cm³/mol. The standard InChI is InChI=1S/C17H16F3N5.C2H6/c1-9-4-3-5-10(2)13(9)15-14-11(16(21)24-8-23-14)6-12(25-15)22-7-17(18,19)20;1-2/h3-6,8H,7H2,1-2H3,(H,22,25)(H2,21,23,24);1-2H3. The number of nitrogens with one attached hydrogen (secondary N) is 1. The van der Waals surface area contributed by atoms with Crippen LogP contribution in [0.3, 0.4) is 0 Å². The van der Waals surface area contributed by atoms with Crippen LogP contribution in [-0.2, 0) is 0 Å². The number of pyridine rings is 1. The van der Waals surface area contributed by atoms with E-state index in [0.717, 1.165) is 16.7 Å². The summed E-state index contributed by atoms with van der Waals surface area (Å²) in [6.45, 7) is 6.64. The quantitative estimate of drug-likeness (QED) is 0.679. The summed E-state index contributed by atoms with van der Waals surface area (Å²) in [6.07, 6.45) is -3.03. The number of nitrogen functional groups attached to an aromatic ring is 1. The Hall–Kier alpha value is -2.90.